The molecule has 0 aliphatic heterocycles. The first-order valence-corrected chi connectivity index (χ1v) is 1.70. The van der Waals surface area contributed by atoms with Crippen LogP contribution in [0.15, 0.2) is 12.2 Å². The Morgan fingerprint density at radius 3 is 2.00 bits per heavy atom. The van der Waals surface area contributed by atoms with Crippen LogP contribution in [0.3, 0.4) is 0 Å². The fourth-order valence-electron chi connectivity index (χ4n) is 0.0676. The van der Waals surface area contributed by atoms with Crippen LogP contribution in [-0.4, -0.2) is 45.8 Å². The van der Waals surface area contributed by atoms with Crippen LogP contribution in [0.1, 0.15) is 0 Å². The summed E-state index contributed by atoms with van der Waals surface area (Å²) in [6.45, 7) is 2.55. The molecule has 0 amide bonds. The quantitative estimate of drug-likeness (QED) is 0.359. The van der Waals surface area contributed by atoms with Crippen LogP contribution in [0.2, 0.25) is 0 Å². The fraction of sp³-hybridized carbons (Fsp3) is 0.250. The summed E-state index contributed by atoms with van der Waals surface area (Å²) in [5.74, 6) is -1.15. The predicted molar refractivity (Wildman–Crippen MR) is 32.4 cm³/mol. The monoisotopic (exact) mass is 128 g/mol. The van der Waals surface area contributed by atoms with Crippen molar-refractivity contribution in [3.05, 3.63) is 12.2 Å². The summed E-state index contributed by atoms with van der Waals surface area (Å²) in [6.07, 6.45) is 0. The van der Waals surface area contributed by atoms with Crippen LogP contribution in [0.25, 0.3) is 0 Å². The number of rotatable bonds is 2. The number of carbonyl (C=O) groups is 1. The molecule has 0 aromatic carbocycles. The van der Waals surface area contributed by atoms with Gasteiger partial charge in [-0.2, -0.15) is 0 Å². The molecule has 0 spiro atoms. The van der Waals surface area contributed by atoms with Crippen molar-refractivity contribution in [1.82, 2.24) is 0 Å². The number of carboxylic acids is 1. The topological polar surface area (TPSA) is 57.5 Å². The van der Waals surface area contributed by atoms with Crippen molar-refractivity contribution in [2.24, 2.45) is 0 Å². The summed E-state index contributed by atoms with van der Waals surface area (Å²) in [5.41, 5.74) is -0.181. The molecule has 0 atom stereocenters. The van der Waals surface area contributed by atoms with Gasteiger partial charge < -0.3 is 10.2 Å². The summed E-state index contributed by atoms with van der Waals surface area (Å²) in [4.78, 5) is 9.67. The predicted octanol–water partition coefficient (Wildman–Crippen LogP) is -1.30. The Bertz CT molecular complexity index is 99.5. The molecule has 2 N–H and O–H groups in total. The van der Waals surface area contributed by atoms with E-state index in [0.29, 0.717) is 0 Å². The minimum Gasteiger partial charge on any atom is -0.478 e. The number of aliphatic carboxylic acids is 1. The molecule has 0 aliphatic rings. The largest absolute Gasteiger partial charge is 0.478 e. The Hall–Kier alpha value is -0.0638. The Morgan fingerprint density at radius 1 is 1.62 bits per heavy atom. The Morgan fingerprint density at radius 2 is 2.00 bits per heavy atom. The maximum Gasteiger partial charge on any atom is 0.333 e. The van der Waals surface area contributed by atoms with E-state index in [4.69, 9.17) is 10.2 Å². The molecule has 44 valence electrons. The summed E-state index contributed by atoms with van der Waals surface area (Å²) in [6, 6.07) is 0. The van der Waals surface area contributed by atoms with Crippen LogP contribution in [0, 0.1) is 0 Å². The van der Waals surface area contributed by atoms with Crippen molar-refractivity contribution in [2.45, 2.75) is 0 Å². The minimum absolute atomic E-state index is 0. The van der Waals surface area contributed by atoms with Crippen molar-refractivity contribution >= 4 is 29.0 Å². The molecule has 0 aliphatic carbocycles. The Balaban J connectivity index is 0. The molecule has 4 heteroatoms. The molecular formula is C4H8MgO3. The van der Waals surface area contributed by atoms with Crippen LogP contribution in [0.4, 0.5) is 0 Å². The van der Waals surface area contributed by atoms with Gasteiger partial charge in [0.1, 0.15) is 0 Å². The molecule has 0 bridgehead atoms. The molecule has 0 saturated carbocycles. The molecule has 0 aromatic rings. The molecule has 0 unspecified atom stereocenters. The van der Waals surface area contributed by atoms with E-state index in [0.717, 1.165) is 0 Å². The van der Waals surface area contributed by atoms with Crippen LogP contribution in [0.5, 0.6) is 0 Å². The van der Waals surface area contributed by atoms with E-state index in [9.17, 15) is 4.79 Å². The van der Waals surface area contributed by atoms with Gasteiger partial charge in [-0.3, -0.25) is 0 Å². The zero-order valence-corrected chi connectivity index (χ0v) is 3.72. The molecule has 0 heterocycles. The maximum atomic E-state index is 9.67. The van der Waals surface area contributed by atoms with E-state index < -0.39 is 12.6 Å². The van der Waals surface area contributed by atoms with Gasteiger partial charge in [-0.15, -0.1) is 0 Å². The van der Waals surface area contributed by atoms with E-state index in [1.54, 1.807) is 0 Å². The van der Waals surface area contributed by atoms with Gasteiger partial charge in [-0.05, 0) is 0 Å². The molecule has 0 fully saturated rings. The van der Waals surface area contributed by atoms with Crippen LogP contribution < -0.4 is 0 Å². The first-order chi connectivity index (χ1) is 3.18. The summed E-state index contributed by atoms with van der Waals surface area (Å²) in [7, 11) is 0. The van der Waals surface area contributed by atoms with E-state index in [1.165, 1.54) is 0 Å². The van der Waals surface area contributed by atoms with Crippen molar-refractivity contribution in [3.8, 4) is 0 Å². The lowest BCUT2D eigenvalue weighted by Crippen LogP contribution is -2.01. The third kappa shape index (κ3) is 4.10. The SMILES string of the molecule is C=C(CO)C(=O)O.[MgH2]. The minimum atomic E-state index is -1.15. The van der Waals surface area contributed by atoms with Crippen molar-refractivity contribution in [3.63, 3.8) is 0 Å². The van der Waals surface area contributed by atoms with E-state index in [1.807, 2.05) is 0 Å². The van der Waals surface area contributed by atoms with Gasteiger partial charge >= 0.3 is 29.0 Å². The number of aliphatic hydroxyl groups excluding tert-OH is 1. The Kier molecular flexibility index (Phi) is 6.88. The lowest BCUT2D eigenvalue weighted by Gasteiger charge is -1.87. The van der Waals surface area contributed by atoms with E-state index >= 15 is 0 Å². The highest BCUT2D eigenvalue weighted by Crippen LogP contribution is 1.83. The van der Waals surface area contributed by atoms with Gasteiger partial charge in [-0.25, -0.2) is 4.79 Å². The summed E-state index contributed by atoms with van der Waals surface area (Å²) < 4.78 is 0. The summed E-state index contributed by atoms with van der Waals surface area (Å²) in [5, 5.41) is 15.9. The van der Waals surface area contributed by atoms with Crippen molar-refractivity contribution in [2.75, 3.05) is 6.61 Å². The molecule has 3 nitrogen and oxygen atoms in total. The fourth-order valence-corrected chi connectivity index (χ4v) is 0.0676. The maximum absolute atomic E-state index is 9.67. The highest BCUT2D eigenvalue weighted by atomic mass is 24.3. The zero-order chi connectivity index (χ0) is 5.86. The third-order valence-corrected chi connectivity index (χ3v) is 0.493. The van der Waals surface area contributed by atoms with Crippen LogP contribution >= 0.6 is 0 Å². The second kappa shape index (κ2) is 5.08. The molecule has 8 heavy (non-hydrogen) atoms. The lowest BCUT2D eigenvalue weighted by atomic mass is 10.3. The lowest BCUT2D eigenvalue weighted by molar-refractivity contribution is -0.133. The van der Waals surface area contributed by atoms with Gasteiger partial charge in [-0.1, -0.05) is 6.58 Å². The first-order valence-electron chi connectivity index (χ1n) is 1.70. The second-order valence-electron chi connectivity index (χ2n) is 1.07. The number of carboxylic acid groups (broad SMARTS) is 1. The van der Waals surface area contributed by atoms with Crippen molar-refractivity contribution in [1.29, 1.82) is 0 Å². The number of hydrogen-bond acceptors (Lipinski definition) is 2. The first kappa shape index (κ1) is 10.8. The van der Waals surface area contributed by atoms with Gasteiger partial charge in [0.15, 0.2) is 0 Å². The smallest absolute Gasteiger partial charge is 0.333 e. The summed E-state index contributed by atoms with van der Waals surface area (Å²) >= 11 is 0. The van der Waals surface area contributed by atoms with E-state index in [-0.39, 0.29) is 28.6 Å². The third-order valence-electron chi connectivity index (χ3n) is 0.493. The highest BCUT2D eigenvalue weighted by Gasteiger charge is 1.97. The van der Waals surface area contributed by atoms with Gasteiger partial charge in [0.25, 0.3) is 0 Å². The highest BCUT2D eigenvalue weighted by molar-refractivity contribution is 5.85. The average molecular weight is 128 g/mol. The van der Waals surface area contributed by atoms with Gasteiger partial charge in [0, 0.05) is 0 Å². The zero-order valence-electron chi connectivity index (χ0n) is 3.72. The second-order valence-corrected chi connectivity index (χ2v) is 1.07. The Labute approximate surface area is 63.2 Å². The molecule has 0 radical (unpaired) electrons. The number of hydrogen-bond donors (Lipinski definition) is 2. The van der Waals surface area contributed by atoms with Crippen LogP contribution in [-0.2, 0) is 4.79 Å². The van der Waals surface area contributed by atoms with Gasteiger partial charge in [0.2, 0.25) is 0 Å². The molecular weight excluding hydrogens is 120 g/mol. The average Bonchev–Trinajstić information content (AvgIpc) is 1.65. The van der Waals surface area contributed by atoms with Gasteiger partial charge in [0.05, 0.1) is 12.2 Å². The molecule has 0 aromatic heterocycles. The molecule has 0 rings (SSSR count). The normalized spacial score (nSPS) is 7.12. The standard InChI is InChI=1S/C4H6O3.Mg.2H/c1-3(2-5)4(6)7;;;/h5H,1-2H2,(H,6,7);;;. The number of aliphatic hydroxyl groups is 1. The molecule has 0 saturated heterocycles. The van der Waals surface area contributed by atoms with E-state index in [2.05, 4.69) is 6.58 Å². The van der Waals surface area contributed by atoms with Crippen molar-refractivity contribution < 1.29 is 15.0 Å².